The quantitative estimate of drug-likeness (QED) is 0.156. The molecule has 26 heavy (non-hydrogen) atoms. The number of nitrogens with two attached hydrogens (primary N) is 1. The zero-order chi connectivity index (χ0) is 19.1. The van der Waals surface area contributed by atoms with Gasteiger partial charge in [-0.2, -0.15) is 0 Å². The standard InChI is InChI=1S/C14H18N6O5S/c1-3-4-25-10(21)5-16-20-6-8(13(20)23)17-12(22)11(19-24-2)9-7-26-14(15)18-9/h3,7-8,16H,1,4-6H2,2H3,(H2,15,18)(H,17,22)/b19-11+. The van der Waals surface area contributed by atoms with Crippen LogP contribution < -0.4 is 16.5 Å². The maximum absolute atomic E-state index is 12.3. The number of ether oxygens (including phenoxy) is 1. The third kappa shape index (κ3) is 4.77. The summed E-state index contributed by atoms with van der Waals surface area (Å²) in [5.41, 5.74) is 8.32. The topological polar surface area (TPSA) is 148 Å². The van der Waals surface area contributed by atoms with Gasteiger partial charge in [-0.25, -0.2) is 10.4 Å². The van der Waals surface area contributed by atoms with E-state index in [0.717, 1.165) is 11.3 Å². The minimum atomic E-state index is -0.753. The molecule has 0 saturated carbocycles. The van der Waals surface area contributed by atoms with Crippen LogP contribution >= 0.6 is 11.3 Å². The Kier molecular flexibility index (Phi) is 6.63. The second kappa shape index (κ2) is 8.92. The predicted octanol–water partition coefficient (Wildman–Crippen LogP) is -1.36. The number of aromatic nitrogens is 1. The van der Waals surface area contributed by atoms with Crippen molar-refractivity contribution in [2.45, 2.75) is 6.04 Å². The van der Waals surface area contributed by atoms with Gasteiger partial charge < -0.3 is 20.6 Å². The molecular formula is C14H18N6O5S. The number of oxime groups is 1. The van der Waals surface area contributed by atoms with Crippen LogP contribution in [0.3, 0.4) is 0 Å². The highest BCUT2D eigenvalue weighted by Crippen LogP contribution is 2.13. The SMILES string of the molecule is C=CCOC(=O)CNN1CC(NC(=O)/C(=N/OC)c2csc(N)n2)C1=O. The van der Waals surface area contributed by atoms with E-state index in [-0.39, 0.29) is 36.2 Å². The van der Waals surface area contributed by atoms with E-state index in [1.54, 1.807) is 5.38 Å². The number of nitrogens with zero attached hydrogens (tertiary/aromatic N) is 3. The number of thiazole rings is 1. The molecule has 1 aliphatic heterocycles. The van der Waals surface area contributed by atoms with Gasteiger partial charge >= 0.3 is 5.97 Å². The van der Waals surface area contributed by atoms with Crippen LogP contribution in [0.25, 0.3) is 0 Å². The number of hydrazine groups is 1. The molecule has 0 bridgehead atoms. The molecule has 1 aromatic heterocycles. The van der Waals surface area contributed by atoms with E-state index in [2.05, 4.69) is 32.3 Å². The number of carbonyl (C=O) groups excluding carboxylic acids is 3. The van der Waals surface area contributed by atoms with Crippen molar-refractivity contribution in [1.82, 2.24) is 20.7 Å². The Morgan fingerprint density at radius 2 is 2.38 bits per heavy atom. The van der Waals surface area contributed by atoms with E-state index in [1.165, 1.54) is 18.2 Å². The summed E-state index contributed by atoms with van der Waals surface area (Å²) in [6.45, 7) is 3.52. The van der Waals surface area contributed by atoms with Gasteiger partial charge in [-0.05, 0) is 0 Å². The molecule has 2 rings (SSSR count). The molecule has 2 heterocycles. The number of rotatable bonds is 9. The Labute approximate surface area is 152 Å². The summed E-state index contributed by atoms with van der Waals surface area (Å²) >= 11 is 1.15. The first kappa shape index (κ1) is 19.3. The average Bonchev–Trinajstić information content (AvgIpc) is 3.05. The van der Waals surface area contributed by atoms with Crippen LogP contribution in [-0.4, -0.2) is 66.3 Å². The highest BCUT2D eigenvalue weighted by Gasteiger charge is 2.39. The molecule has 0 aliphatic carbocycles. The molecule has 1 atom stereocenters. The maximum Gasteiger partial charge on any atom is 0.322 e. The monoisotopic (exact) mass is 382 g/mol. The van der Waals surface area contributed by atoms with Crippen LogP contribution in [0.2, 0.25) is 0 Å². The predicted molar refractivity (Wildman–Crippen MR) is 92.9 cm³/mol. The van der Waals surface area contributed by atoms with Gasteiger partial charge in [0.2, 0.25) is 0 Å². The van der Waals surface area contributed by atoms with E-state index in [1.807, 2.05) is 0 Å². The zero-order valence-corrected chi connectivity index (χ0v) is 14.7. The molecule has 1 fully saturated rings. The molecule has 2 amide bonds. The number of nitrogens with one attached hydrogen (secondary N) is 2. The Morgan fingerprint density at radius 3 is 2.96 bits per heavy atom. The van der Waals surface area contributed by atoms with Gasteiger partial charge in [0.05, 0.1) is 6.54 Å². The first-order valence-electron chi connectivity index (χ1n) is 7.41. The molecule has 11 nitrogen and oxygen atoms in total. The fraction of sp³-hybridized carbons (Fsp3) is 0.357. The van der Waals surface area contributed by atoms with Crippen LogP contribution in [-0.2, 0) is 24.0 Å². The van der Waals surface area contributed by atoms with E-state index < -0.39 is 23.8 Å². The van der Waals surface area contributed by atoms with Crippen molar-refractivity contribution in [3.63, 3.8) is 0 Å². The van der Waals surface area contributed by atoms with Gasteiger partial charge in [-0.3, -0.25) is 19.4 Å². The number of hydrogen-bond donors (Lipinski definition) is 3. The van der Waals surface area contributed by atoms with Gasteiger partial charge in [0, 0.05) is 5.38 Å². The Hall–Kier alpha value is -2.99. The molecule has 1 aromatic rings. The Bertz CT molecular complexity index is 733. The van der Waals surface area contributed by atoms with E-state index in [4.69, 9.17) is 10.5 Å². The lowest BCUT2D eigenvalue weighted by Gasteiger charge is -2.38. The third-order valence-electron chi connectivity index (χ3n) is 3.17. The fourth-order valence-corrected chi connectivity index (χ4v) is 2.51. The number of β-lactam (4-membered cyclic amide) rings is 1. The highest BCUT2D eigenvalue weighted by molar-refractivity contribution is 7.13. The van der Waals surface area contributed by atoms with Crippen molar-refractivity contribution < 1.29 is 24.0 Å². The lowest BCUT2D eigenvalue weighted by atomic mass is 10.1. The first-order chi connectivity index (χ1) is 12.5. The molecule has 1 unspecified atom stereocenters. The summed E-state index contributed by atoms with van der Waals surface area (Å²) in [5, 5.41) is 9.19. The molecule has 0 spiro atoms. The highest BCUT2D eigenvalue weighted by atomic mass is 32.1. The van der Waals surface area contributed by atoms with Crippen LogP contribution in [0.15, 0.2) is 23.2 Å². The second-order valence-corrected chi connectivity index (χ2v) is 5.86. The Balaban J connectivity index is 1.85. The first-order valence-corrected chi connectivity index (χ1v) is 8.29. The molecule has 12 heteroatoms. The molecule has 0 radical (unpaired) electrons. The number of esters is 1. The van der Waals surface area contributed by atoms with Crippen molar-refractivity contribution in [2.75, 3.05) is 32.5 Å². The van der Waals surface area contributed by atoms with Gasteiger partial charge in [0.15, 0.2) is 10.8 Å². The summed E-state index contributed by atoms with van der Waals surface area (Å²) in [5.74, 6) is -1.55. The van der Waals surface area contributed by atoms with Gasteiger partial charge in [0.1, 0.15) is 32.0 Å². The molecule has 140 valence electrons. The van der Waals surface area contributed by atoms with Crippen molar-refractivity contribution in [3.8, 4) is 0 Å². The smallest absolute Gasteiger partial charge is 0.322 e. The van der Waals surface area contributed by atoms with Crippen LogP contribution in [0.4, 0.5) is 5.13 Å². The molecule has 1 aliphatic rings. The van der Waals surface area contributed by atoms with E-state index >= 15 is 0 Å². The number of carbonyl (C=O) groups is 3. The number of amides is 2. The lowest BCUT2D eigenvalue weighted by molar-refractivity contribution is -0.153. The van der Waals surface area contributed by atoms with Crippen molar-refractivity contribution in [3.05, 3.63) is 23.7 Å². The molecular weight excluding hydrogens is 364 g/mol. The van der Waals surface area contributed by atoms with Crippen molar-refractivity contribution in [2.24, 2.45) is 5.16 Å². The summed E-state index contributed by atoms with van der Waals surface area (Å²) in [7, 11) is 1.29. The summed E-state index contributed by atoms with van der Waals surface area (Å²) in [6.07, 6.45) is 1.44. The van der Waals surface area contributed by atoms with Gasteiger partial charge in [-0.15, -0.1) is 11.3 Å². The Morgan fingerprint density at radius 1 is 1.62 bits per heavy atom. The maximum atomic E-state index is 12.3. The van der Waals surface area contributed by atoms with E-state index in [0.29, 0.717) is 0 Å². The normalized spacial score (nSPS) is 16.7. The number of hydrogen-bond acceptors (Lipinski definition) is 10. The minimum Gasteiger partial charge on any atom is -0.460 e. The zero-order valence-electron chi connectivity index (χ0n) is 13.9. The molecule has 0 aromatic carbocycles. The molecule has 1 saturated heterocycles. The third-order valence-corrected chi connectivity index (χ3v) is 3.85. The van der Waals surface area contributed by atoms with Gasteiger partial charge in [0.25, 0.3) is 11.8 Å². The largest absolute Gasteiger partial charge is 0.460 e. The lowest BCUT2D eigenvalue weighted by Crippen LogP contribution is -2.68. The van der Waals surface area contributed by atoms with Crippen LogP contribution in [0, 0.1) is 0 Å². The van der Waals surface area contributed by atoms with Crippen molar-refractivity contribution >= 4 is 40.0 Å². The van der Waals surface area contributed by atoms with Crippen molar-refractivity contribution in [1.29, 1.82) is 0 Å². The summed E-state index contributed by atoms with van der Waals surface area (Å²) in [6, 6.07) is -0.753. The minimum absolute atomic E-state index is 0.0901. The second-order valence-electron chi connectivity index (χ2n) is 4.97. The van der Waals surface area contributed by atoms with E-state index in [9.17, 15) is 14.4 Å². The van der Waals surface area contributed by atoms with Crippen LogP contribution in [0.5, 0.6) is 0 Å². The summed E-state index contributed by atoms with van der Waals surface area (Å²) in [4.78, 5) is 44.3. The van der Waals surface area contributed by atoms with Gasteiger partial charge in [-0.1, -0.05) is 17.8 Å². The fourth-order valence-electron chi connectivity index (χ4n) is 1.96. The summed E-state index contributed by atoms with van der Waals surface area (Å²) < 4.78 is 4.77. The number of nitrogen functional groups attached to an aromatic ring is 1. The number of anilines is 1. The average molecular weight is 382 g/mol. The van der Waals surface area contributed by atoms with Crippen LogP contribution in [0.1, 0.15) is 5.69 Å². The molecule has 4 N–H and O–H groups in total.